The number of nitrogens with one attached hydrogen (secondary N) is 2. The van der Waals surface area contributed by atoms with Gasteiger partial charge in [-0.05, 0) is 44.3 Å². The topological polar surface area (TPSA) is 67.4 Å². The average molecular weight is 318 g/mol. The van der Waals surface area contributed by atoms with Crippen molar-refractivity contribution in [1.29, 1.82) is 0 Å². The highest BCUT2D eigenvalue weighted by atomic mass is 16.5. The van der Waals surface area contributed by atoms with Crippen LogP contribution in [-0.2, 0) is 14.3 Å². The van der Waals surface area contributed by atoms with Crippen LogP contribution in [0.15, 0.2) is 30.3 Å². The lowest BCUT2D eigenvalue weighted by atomic mass is 9.98. The molecular weight excluding hydrogens is 292 g/mol. The second-order valence-corrected chi connectivity index (χ2v) is 5.92. The fraction of sp³-hybridized carbons (Fsp3) is 0.556. The molecule has 0 saturated carbocycles. The van der Waals surface area contributed by atoms with Crippen LogP contribution in [0.2, 0.25) is 0 Å². The predicted octanol–water partition coefficient (Wildman–Crippen LogP) is 1.84. The molecule has 126 valence electrons. The molecule has 1 aliphatic rings. The molecule has 0 bridgehead atoms. The quantitative estimate of drug-likeness (QED) is 0.718. The lowest BCUT2D eigenvalue weighted by Gasteiger charge is -2.17. The van der Waals surface area contributed by atoms with Crippen LogP contribution in [0.3, 0.4) is 0 Å². The first kappa shape index (κ1) is 17.5. The molecule has 1 aliphatic heterocycles. The van der Waals surface area contributed by atoms with E-state index in [0.29, 0.717) is 18.9 Å². The van der Waals surface area contributed by atoms with E-state index < -0.39 is 5.92 Å². The first-order chi connectivity index (χ1) is 11.2. The third kappa shape index (κ3) is 5.67. The Labute approximate surface area is 137 Å². The summed E-state index contributed by atoms with van der Waals surface area (Å²) in [4.78, 5) is 24.2. The summed E-state index contributed by atoms with van der Waals surface area (Å²) in [5.74, 6) is -0.148. The van der Waals surface area contributed by atoms with Gasteiger partial charge < -0.3 is 15.4 Å². The molecule has 1 fully saturated rings. The van der Waals surface area contributed by atoms with E-state index in [4.69, 9.17) is 4.74 Å². The number of hydrogen-bond donors (Lipinski definition) is 2. The van der Waals surface area contributed by atoms with Crippen LogP contribution in [0.1, 0.15) is 37.7 Å². The zero-order valence-corrected chi connectivity index (χ0v) is 13.7. The molecule has 0 spiro atoms. The van der Waals surface area contributed by atoms with E-state index in [1.807, 2.05) is 30.3 Å². The van der Waals surface area contributed by atoms with Gasteiger partial charge in [0, 0.05) is 13.0 Å². The number of ether oxygens (including phenoxy) is 1. The molecule has 2 unspecified atom stereocenters. The Hall–Kier alpha value is -1.88. The fourth-order valence-electron chi connectivity index (χ4n) is 2.87. The van der Waals surface area contributed by atoms with Crippen molar-refractivity contribution >= 4 is 11.9 Å². The summed E-state index contributed by atoms with van der Waals surface area (Å²) in [6.07, 6.45) is 2.55. The van der Waals surface area contributed by atoms with Gasteiger partial charge >= 0.3 is 5.97 Å². The third-order valence-corrected chi connectivity index (χ3v) is 4.22. The molecule has 1 aromatic rings. The number of carbonyl (C=O) groups excluding carboxylic acids is 2. The second-order valence-electron chi connectivity index (χ2n) is 5.92. The largest absolute Gasteiger partial charge is 0.465 e. The summed E-state index contributed by atoms with van der Waals surface area (Å²) >= 11 is 0. The number of esters is 1. The fourth-order valence-corrected chi connectivity index (χ4v) is 2.87. The Morgan fingerprint density at radius 2 is 2.13 bits per heavy atom. The molecule has 0 aliphatic carbocycles. The van der Waals surface area contributed by atoms with Crippen LogP contribution in [0, 0.1) is 5.92 Å². The van der Waals surface area contributed by atoms with Crippen LogP contribution in [0.25, 0.3) is 0 Å². The van der Waals surface area contributed by atoms with Crippen molar-refractivity contribution in [3.05, 3.63) is 35.9 Å². The van der Waals surface area contributed by atoms with E-state index in [-0.39, 0.29) is 18.4 Å². The predicted molar refractivity (Wildman–Crippen MR) is 89.0 cm³/mol. The minimum absolute atomic E-state index is 0.00197. The molecular formula is C18H26N2O3. The highest BCUT2D eigenvalue weighted by Crippen LogP contribution is 2.17. The van der Waals surface area contributed by atoms with Gasteiger partial charge in [-0.2, -0.15) is 0 Å². The van der Waals surface area contributed by atoms with E-state index in [1.54, 1.807) is 6.92 Å². The van der Waals surface area contributed by atoms with E-state index in [9.17, 15) is 9.59 Å². The molecule has 1 saturated heterocycles. The highest BCUT2D eigenvalue weighted by Gasteiger charge is 2.23. The molecule has 0 radical (unpaired) electrons. The molecule has 5 heteroatoms. The number of hydrogen-bond acceptors (Lipinski definition) is 4. The van der Waals surface area contributed by atoms with Gasteiger partial charge in [0.05, 0.1) is 12.5 Å². The standard InChI is InChI=1S/C18H26N2O3/c1-2-23-18(22)16(15-6-4-3-5-7-15)13-20-17(21)9-8-14-10-11-19-12-14/h3-7,14,16,19H,2,8-13H2,1H3,(H,20,21). The summed E-state index contributed by atoms with van der Waals surface area (Å²) < 4.78 is 5.13. The lowest BCUT2D eigenvalue weighted by molar-refractivity contribution is -0.144. The van der Waals surface area contributed by atoms with Crippen LogP contribution in [0.4, 0.5) is 0 Å². The van der Waals surface area contributed by atoms with E-state index in [2.05, 4.69) is 10.6 Å². The summed E-state index contributed by atoms with van der Waals surface area (Å²) in [7, 11) is 0. The van der Waals surface area contributed by atoms with Crippen molar-refractivity contribution in [1.82, 2.24) is 10.6 Å². The molecule has 2 atom stereocenters. The Morgan fingerprint density at radius 3 is 2.78 bits per heavy atom. The van der Waals surface area contributed by atoms with Crippen molar-refractivity contribution in [2.24, 2.45) is 5.92 Å². The number of benzene rings is 1. The SMILES string of the molecule is CCOC(=O)C(CNC(=O)CCC1CCNC1)c1ccccc1. The second kappa shape index (κ2) is 9.30. The highest BCUT2D eigenvalue weighted by molar-refractivity contribution is 5.81. The maximum atomic E-state index is 12.1. The number of rotatable bonds is 8. The molecule has 23 heavy (non-hydrogen) atoms. The van der Waals surface area contributed by atoms with Crippen LogP contribution in [0.5, 0.6) is 0 Å². The third-order valence-electron chi connectivity index (χ3n) is 4.22. The van der Waals surface area contributed by atoms with Crippen LogP contribution < -0.4 is 10.6 Å². The van der Waals surface area contributed by atoms with Crippen molar-refractivity contribution in [3.63, 3.8) is 0 Å². The minimum Gasteiger partial charge on any atom is -0.465 e. The summed E-state index contributed by atoms with van der Waals surface area (Å²) in [6, 6.07) is 9.45. The molecule has 1 aromatic carbocycles. The lowest BCUT2D eigenvalue weighted by Crippen LogP contribution is -2.32. The van der Waals surface area contributed by atoms with Gasteiger partial charge in [-0.1, -0.05) is 30.3 Å². The van der Waals surface area contributed by atoms with Crippen molar-refractivity contribution in [2.45, 2.75) is 32.1 Å². The first-order valence-corrected chi connectivity index (χ1v) is 8.39. The van der Waals surface area contributed by atoms with Crippen LogP contribution in [-0.4, -0.2) is 38.1 Å². The van der Waals surface area contributed by atoms with Gasteiger partial charge in [0.2, 0.25) is 5.91 Å². The van der Waals surface area contributed by atoms with Gasteiger partial charge in [0.1, 0.15) is 0 Å². The maximum Gasteiger partial charge on any atom is 0.315 e. The first-order valence-electron chi connectivity index (χ1n) is 8.39. The molecule has 0 aromatic heterocycles. The monoisotopic (exact) mass is 318 g/mol. The Kier molecular flexibility index (Phi) is 7.07. The van der Waals surface area contributed by atoms with Crippen molar-refractivity contribution in [2.75, 3.05) is 26.2 Å². The zero-order valence-electron chi connectivity index (χ0n) is 13.7. The molecule has 1 heterocycles. The van der Waals surface area contributed by atoms with Gasteiger partial charge in [-0.15, -0.1) is 0 Å². The Bertz CT molecular complexity index is 498. The van der Waals surface area contributed by atoms with Gasteiger partial charge in [0.15, 0.2) is 0 Å². The minimum atomic E-state index is -0.451. The molecule has 5 nitrogen and oxygen atoms in total. The molecule has 2 rings (SSSR count). The summed E-state index contributed by atoms with van der Waals surface area (Å²) in [6.45, 7) is 4.46. The smallest absolute Gasteiger partial charge is 0.315 e. The van der Waals surface area contributed by atoms with E-state index in [1.165, 1.54) is 0 Å². The van der Waals surface area contributed by atoms with E-state index >= 15 is 0 Å². The van der Waals surface area contributed by atoms with Crippen LogP contribution >= 0.6 is 0 Å². The number of carbonyl (C=O) groups is 2. The van der Waals surface area contributed by atoms with Gasteiger partial charge in [-0.25, -0.2) is 0 Å². The van der Waals surface area contributed by atoms with E-state index in [0.717, 1.165) is 31.5 Å². The van der Waals surface area contributed by atoms with Gasteiger partial charge in [0.25, 0.3) is 0 Å². The molecule has 2 N–H and O–H groups in total. The normalized spacial score (nSPS) is 18.4. The average Bonchev–Trinajstić information content (AvgIpc) is 3.08. The van der Waals surface area contributed by atoms with Crippen molar-refractivity contribution < 1.29 is 14.3 Å². The molecule has 1 amide bonds. The number of amides is 1. The summed E-state index contributed by atoms with van der Waals surface area (Å²) in [5.41, 5.74) is 0.867. The Balaban J connectivity index is 1.84. The maximum absolute atomic E-state index is 12.1. The summed E-state index contributed by atoms with van der Waals surface area (Å²) in [5, 5.41) is 6.19. The van der Waals surface area contributed by atoms with Gasteiger partial charge in [-0.3, -0.25) is 9.59 Å². The zero-order chi connectivity index (χ0) is 16.5. The Morgan fingerprint density at radius 1 is 1.35 bits per heavy atom. The van der Waals surface area contributed by atoms with Crippen molar-refractivity contribution in [3.8, 4) is 0 Å².